The van der Waals surface area contributed by atoms with Crippen molar-refractivity contribution in [2.45, 2.75) is 25.6 Å². The Hall–Kier alpha value is -2.96. The van der Waals surface area contributed by atoms with Gasteiger partial charge in [-0.15, -0.1) is 0 Å². The van der Waals surface area contributed by atoms with Crippen molar-refractivity contribution in [3.05, 3.63) is 64.7 Å². The maximum atomic E-state index is 13.7. The number of nitrogens with zero attached hydrogens (tertiary/aromatic N) is 2. The molecule has 4 rings (SSSR count). The summed E-state index contributed by atoms with van der Waals surface area (Å²) in [6, 6.07) is 8.19. The summed E-state index contributed by atoms with van der Waals surface area (Å²) in [6.45, 7) is 0.700. The van der Waals surface area contributed by atoms with E-state index in [2.05, 4.69) is 5.32 Å². The lowest BCUT2D eigenvalue weighted by atomic mass is 10.0. The van der Waals surface area contributed by atoms with Crippen LogP contribution in [0.3, 0.4) is 0 Å². The standard InChI is InChI=1S/C20H19F2N3O2/c1-24-17-9-12(5-7-15(17)20(27)25-8-2-3-18(24)25)19(26)23-11-13-4-6-14(21)10-16(13)22/h4-7,9-10,18H,2-3,8,11H2,1H3,(H,23,26)/t18-/m0/s1. The third kappa shape index (κ3) is 3.03. The van der Waals surface area contributed by atoms with Crippen molar-refractivity contribution < 1.29 is 18.4 Å². The van der Waals surface area contributed by atoms with E-state index in [0.717, 1.165) is 37.2 Å². The Bertz CT molecular complexity index is 931. The van der Waals surface area contributed by atoms with E-state index >= 15 is 0 Å². The van der Waals surface area contributed by atoms with Gasteiger partial charge in [-0.2, -0.15) is 0 Å². The molecule has 2 aliphatic heterocycles. The summed E-state index contributed by atoms with van der Waals surface area (Å²) in [5, 5.41) is 2.64. The summed E-state index contributed by atoms with van der Waals surface area (Å²) in [4.78, 5) is 29.0. The molecule has 0 radical (unpaired) electrons. The molecule has 140 valence electrons. The van der Waals surface area contributed by atoms with Crippen LogP contribution in [-0.4, -0.2) is 36.5 Å². The molecule has 2 amide bonds. The molecule has 0 aliphatic carbocycles. The molecule has 0 saturated carbocycles. The second-order valence-corrected chi connectivity index (χ2v) is 6.88. The number of rotatable bonds is 3. The van der Waals surface area contributed by atoms with Gasteiger partial charge in [0.05, 0.1) is 11.3 Å². The fourth-order valence-corrected chi connectivity index (χ4v) is 3.79. The fraction of sp³-hybridized carbons (Fsp3) is 0.300. The topological polar surface area (TPSA) is 52.7 Å². The smallest absolute Gasteiger partial charge is 0.257 e. The van der Waals surface area contributed by atoms with Crippen molar-refractivity contribution in [1.82, 2.24) is 10.2 Å². The van der Waals surface area contributed by atoms with Crippen LogP contribution in [0.15, 0.2) is 36.4 Å². The van der Waals surface area contributed by atoms with E-state index in [0.29, 0.717) is 11.1 Å². The zero-order chi connectivity index (χ0) is 19.1. The molecule has 1 atom stereocenters. The molecule has 1 N–H and O–H groups in total. The van der Waals surface area contributed by atoms with Crippen molar-refractivity contribution >= 4 is 17.5 Å². The molecule has 2 aromatic carbocycles. The summed E-state index contributed by atoms with van der Waals surface area (Å²) >= 11 is 0. The predicted molar refractivity (Wildman–Crippen MR) is 96.4 cm³/mol. The molecule has 0 unspecified atom stereocenters. The van der Waals surface area contributed by atoms with Crippen LogP contribution in [0.25, 0.3) is 0 Å². The largest absolute Gasteiger partial charge is 0.354 e. The maximum Gasteiger partial charge on any atom is 0.257 e. The molecule has 2 aliphatic rings. The van der Waals surface area contributed by atoms with Crippen molar-refractivity contribution in [2.75, 3.05) is 18.5 Å². The molecule has 27 heavy (non-hydrogen) atoms. The second kappa shape index (κ2) is 6.64. The monoisotopic (exact) mass is 371 g/mol. The number of amides is 2. The van der Waals surface area contributed by atoms with Gasteiger partial charge in [0, 0.05) is 37.3 Å². The Morgan fingerprint density at radius 2 is 2.04 bits per heavy atom. The van der Waals surface area contributed by atoms with Gasteiger partial charge in [-0.25, -0.2) is 8.78 Å². The number of carbonyl (C=O) groups excluding carboxylic acids is 2. The van der Waals surface area contributed by atoms with Crippen molar-refractivity contribution in [3.8, 4) is 0 Å². The zero-order valence-electron chi connectivity index (χ0n) is 14.8. The van der Waals surface area contributed by atoms with Gasteiger partial charge in [-0.1, -0.05) is 6.07 Å². The predicted octanol–water partition coefficient (Wildman–Crippen LogP) is 2.91. The van der Waals surface area contributed by atoms with Gasteiger partial charge in [0.1, 0.15) is 17.8 Å². The average Bonchev–Trinajstić information content (AvgIpc) is 3.15. The first kappa shape index (κ1) is 17.5. The van der Waals surface area contributed by atoms with Gasteiger partial charge in [0.15, 0.2) is 0 Å². The SMILES string of the molecule is CN1c2cc(C(=O)NCc3ccc(F)cc3F)ccc2C(=O)N2CCC[C@H]21. The normalized spacial score (nSPS) is 18.3. The number of nitrogens with one attached hydrogen (secondary N) is 1. The van der Waals surface area contributed by atoms with Crippen LogP contribution in [0.5, 0.6) is 0 Å². The molecule has 0 bridgehead atoms. The second-order valence-electron chi connectivity index (χ2n) is 6.88. The minimum atomic E-state index is -0.701. The number of benzene rings is 2. The van der Waals surface area contributed by atoms with Gasteiger partial charge in [0.2, 0.25) is 0 Å². The molecule has 7 heteroatoms. The van der Waals surface area contributed by atoms with Crippen LogP contribution in [0.2, 0.25) is 0 Å². The summed E-state index contributed by atoms with van der Waals surface area (Å²) in [5.41, 5.74) is 1.90. The first-order chi connectivity index (χ1) is 13.0. The highest BCUT2D eigenvalue weighted by Crippen LogP contribution is 2.35. The molecule has 2 aromatic rings. The van der Waals surface area contributed by atoms with Gasteiger partial charge in [-0.05, 0) is 37.1 Å². The maximum absolute atomic E-state index is 13.7. The molecule has 5 nitrogen and oxygen atoms in total. The highest BCUT2D eigenvalue weighted by molar-refractivity contribution is 6.04. The number of halogens is 2. The number of carbonyl (C=O) groups is 2. The van der Waals surface area contributed by atoms with Gasteiger partial charge in [-0.3, -0.25) is 9.59 Å². The average molecular weight is 371 g/mol. The lowest BCUT2D eigenvalue weighted by molar-refractivity contribution is 0.0719. The highest BCUT2D eigenvalue weighted by atomic mass is 19.1. The molecule has 1 fully saturated rings. The van der Waals surface area contributed by atoms with E-state index in [4.69, 9.17) is 0 Å². The molecule has 2 heterocycles. The number of fused-ring (bicyclic) bond motifs is 2. The van der Waals surface area contributed by atoms with Crippen LogP contribution >= 0.6 is 0 Å². The fourth-order valence-electron chi connectivity index (χ4n) is 3.79. The number of hydrogen-bond donors (Lipinski definition) is 1. The van der Waals surface area contributed by atoms with E-state index in [9.17, 15) is 18.4 Å². The van der Waals surface area contributed by atoms with E-state index in [1.807, 2.05) is 16.8 Å². The molecule has 0 spiro atoms. The highest BCUT2D eigenvalue weighted by Gasteiger charge is 2.38. The van der Waals surface area contributed by atoms with E-state index in [1.54, 1.807) is 18.2 Å². The number of anilines is 1. The van der Waals surface area contributed by atoms with Crippen molar-refractivity contribution in [1.29, 1.82) is 0 Å². The first-order valence-electron chi connectivity index (χ1n) is 8.85. The van der Waals surface area contributed by atoms with Gasteiger partial charge in [0.25, 0.3) is 11.8 Å². The lowest BCUT2D eigenvalue weighted by Gasteiger charge is -2.40. The van der Waals surface area contributed by atoms with Crippen LogP contribution < -0.4 is 10.2 Å². The van der Waals surface area contributed by atoms with Crippen molar-refractivity contribution in [2.24, 2.45) is 0 Å². The van der Waals surface area contributed by atoms with Crippen LogP contribution in [-0.2, 0) is 6.54 Å². The summed E-state index contributed by atoms with van der Waals surface area (Å²) < 4.78 is 26.7. The lowest BCUT2D eigenvalue weighted by Crippen LogP contribution is -2.50. The minimum Gasteiger partial charge on any atom is -0.354 e. The van der Waals surface area contributed by atoms with Gasteiger partial charge >= 0.3 is 0 Å². The van der Waals surface area contributed by atoms with E-state index in [1.165, 1.54) is 6.07 Å². The third-order valence-electron chi connectivity index (χ3n) is 5.25. The van der Waals surface area contributed by atoms with E-state index in [-0.39, 0.29) is 30.1 Å². The zero-order valence-corrected chi connectivity index (χ0v) is 14.8. The Morgan fingerprint density at radius 1 is 1.22 bits per heavy atom. The number of hydrogen-bond acceptors (Lipinski definition) is 3. The quantitative estimate of drug-likeness (QED) is 0.903. The first-order valence-corrected chi connectivity index (χ1v) is 8.85. The van der Waals surface area contributed by atoms with Crippen LogP contribution in [0, 0.1) is 11.6 Å². The summed E-state index contributed by atoms with van der Waals surface area (Å²) in [6.07, 6.45) is 1.89. The molecular formula is C20H19F2N3O2. The Labute approximate surface area is 155 Å². The molecule has 0 aromatic heterocycles. The minimum absolute atomic E-state index is 0.00839. The van der Waals surface area contributed by atoms with Crippen LogP contribution in [0.1, 0.15) is 39.1 Å². The van der Waals surface area contributed by atoms with Crippen LogP contribution in [0.4, 0.5) is 14.5 Å². The Balaban J connectivity index is 1.54. The molecular weight excluding hydrogens is 352 g/mol. The van der Waals surface area contributed by atoms with E-state index < -0.39 is 11.6 Å². The summed E-state index contributed by atoms with van der Waals surface area (Å²) in [5.74, 6) is -1.75. The Morgan fingerprint density at radius 3 is 2.81 bits per heavy atom. The van der Waals surface area contributed by atoms with Gasteiger partial charge < -0.3 is 15.1 Å². The van der Waals surface area contributed by atoms with Crippen molar-refractivity contribution in [3.63, 3.8) is 0 Å². The summed E-state index contributed by atoms with van der Waals surface area (Å²) in [7, 11) is 1.92. The molecule has 1 saturated heterocycles. The Kier molecular flexibility index (Phi) is 4.30. The third-order valence-corrected chi connectivity index (χ3v) is 5.25.